The predicted octanol–water partition coefficient (Wildman–Crippen LogP) is 10.9. The number of hydrogen-bond donors (Lipinski definition) is 0. The van der Waals surface area contributed by atoms with E-state index in [1.165, 1.54) is 4.70 Å². The van der Waals surface area contributed by atoms with E-state index in [9.17, 15) is 0 Å². The Morgan fingerprint density at radius 3 is 1.91 bits per heavy atom. The van der Waals surface area contributed by atoms with E-state index in [1.807, 2.05) is 18.2 Å². The highest BCUT2D eigenvalue weighted by Gasteiger charge is 2.21. The number of nitrogens with zero attached hydrogens (tertiary/aromatic N) is 4. The van der Waals surface area contributed by atoms with Gasteiger partial charge in [-0.3, -0.25) is 0 Å². The Morgan fingerprint density at radius 1 is 0.478 bits per heavy atom. The molecule has 9 aromatic rings. The molecule has 0 aliphatic carbocycles. The summed E-state index contributed by atoms with van der Waals surface area (Å²) in [6.45, 7) is 0. The second kappa shape index (κ2) is 10.9. The van der Waals surface area contributed by atoms with Crippen LogP contribution in [-0.2, 0) is 0 Å². The van der Waals surface area contributed by atoms with E-state index < -0.39 is 0 Å². The van der Waals surface area contributed by atoms with E-state index in [0.29, 0.717) is 5.82 Å². The van der Waals surface area contributed by atoms with Crippen molar-refractivity contribution in [1.29, 1.82) is 0 Å². The van der Waals surface area contributed by atoms with Gasteiger partial charge in [0.1, 0.15) is 10.5 Å². The van der Waals surface area contributed by atoms with Crippen LogP contribution in [-0.4, -0.2) is 19.5 Å². The molecule has 0 N–H and O–H groups in total. The third-order valence-electron chi connectivity index (χ3n) is 8.43. The minimum atomic E-state index is 0.700. The van der Waals surface area contributed by atoms with Crippen LogP contribution in [0.25, 0.3) is 82.2 Å². The first-order chi connectivity index (χ1) is 22.8. The van der Waals surface area contributed by atoms with Gasteiger partial charge in [-0.25, -0.2) is 15.0 Å². The zero-order chi connectivity index (χ0) is 30.5. The molecule has 0 unspecified atom stereocenters. The van der Waals surface area contributed by atoms with Crippen LogP contribution in [0.4, 0.5) is 0 Å². The summed E-state index contributed by atoms with van der Waals surface area (Å²) in [5, 5.41) is 2.12. The molecule has 5 heteroatoms. The van der Waals surface area contributed by atoms with E-state index in [1.54, 1.807) is 11.3 Å². The summed E-state index contributed by atoms with van der Waals surface area (Å²) in [6, 6.07) is 54.9. The molecule has 0 aliphatic heterocycles. The molecular weight excluding hydrogens is 581 g/mol. The Hall–Kier alpha value is -5.91. The molecule has 46 heavy (non-hydrogen) atoms. The van der Waals surface area contributed by atoms with E-state index >= 15 is 0 Å². The number of para-hydroxylation sites is 3. The number of benzene rings is 6. The molecule has 3 heterocycles. The first-order valence-electron chi connectivity index (χ1n) is 15.3. The van der Waals surface area contributed by atoms with Crippen LogP contribution in [0.3, 0.4) is 0 Å². The molecular formula is C41H26N4S. The second-order valence-corrected chi connectivity index (χ2v) is 12.3. The van der Waals surface area contributed by atoms with Gasteiger partial charge in [0.2, 0.25) is 0 Å². The molecule has 0 spiro atoms. The molecule has 216 valence electrons. The lowest BCUT2D eigenvalue weighted by atomic mass is 10.0. The van der Waals surface area contributed by atoms with E-state index in [2.05, 4.69) is 144 Å². The zero-order valence-corrected chi connectivity index (χ0v) is 25.5. The van der Waals surface area contributed by atoms with Crippen molar-refractivity contribution in [3.8, 4) is 50.0 Å². The maximum atomic E-state index is 5.31. The number of hydrogen-bond acceptors (Lipinski definition) is 4. The largest absolute Gasteiger partial charge is 0.306 e. The van der Waals surface area contributed by atoms with Crippen molar-refractivity contribution in [2.75, 3.05) is 0 Å². The van der Waals surface area contributed by atoms with E-state index in [0.717, 1.165) is 71.7 Å². The minimum absolute atomic E-state index is 0.700. The third kappa shape index (κ3) is 4.48. The van der Waals surface area contributed by atoms with Gasteiger partial charge in [0.25, 0.3) is 0 Å². The maximum Gasteiger partial charge on any atom is 0.160 e. The van der Waals surface area contributed by atoms with Crippen molar-refractivity contribution in [1.82, 2.24) is 19.5 Å². The fraction of sp³-hybridized carbons (Fsp3) is 0. The SMILES string of the molecule is c1ccc(-c2nc(-c3cccc(-c4cccc(-c5nc6ccccc6s5)c4)c3)nc3c4ccccc4n(-c4ccccc4)c23)cc1. The maximum absolute atomic E-state index is 5.31. The smallest absolute Gasteiger partial charge is 0.160 e. The molecule has 0 saturated carbocycles. The highest BCUT2D eigenvalue weighted by atomic mass is 32.1. The van der Waals surface area contributed by atoms with Gasteiger partial charge in [0.05, 0.1) is 26.9 Å². The summed E-state index contributed by atoms with van der Waals surface area (Å²) in [4.78, 5) is 15.5. The van der Waals surface area contributed by atoms with Crippen molar-refractivity contribution < 1.29 is 0 Å². The molecule has 0 aliphatic rings. The fourth-order valence-corrected chi connectivity index (χ4v) is 7.24. The van der Waals surface area contributed by atoms with Crippen LogP contribution in [0, 0.1) is 0 Å². The minimum Gasteiger partial charge on any atom is -0.306 e. The standard InChI is InChI=1S/C41H26N4S/c1-3-13-27(14-4-1)37-39-38(33-21-7-9-23-35(33)45(39)32-19-5-2-6-20-32)44-40(43-37)30-17-11-15-28(25-30)29-16-12-18-31(26-29)41-42-34-22-8-10-24-36(34)46-41/h1-26H. The van der Waals surface area contributed by atoms with E-state index in [-0.39, 0.29) is 0 Å². The molecule has 0 atom stereocenters. The van der Waals surface area contributed by atoms with Gasteiger partial charge in [0, 0.05) is 27.8 Å². The molecule has 0 saturated heterocycles. The van der Waals surface area contributed by atoms with Crippen molar-refractivity contribution in [2.45, 2.75) is 0 Å². The number of aromatic nitrogens is 4. The lowest BCUT2D eigenvalue weighted by Gasteiger charge is -2.12. The Kier molecular flexibility index (Phi) is 6.28. The zero-order valence-electron chi connectivity index (χ0n) is 24.7. The van der Waals surface area contributed by atoms with Crippen LogP contribution in [0.5, 0.6) is 0 Å². The Morgan fingerprint density at radius 2 is 1.11 bits per heavy atom. The Bertz CT molecular complexity index is 2500. The third-order valence-corrected chi connectivity index (χ3v) is 9.51. The lowest BCUT2D eigenvalue weighted by molar-refractivity contribution is 1.15. The summed E-state index contributed by atoms with van der Waals surface area (Å²) in [5.74, 6) is 0.700. The van der Waals surface area contributed by atoms with Crippen molar-refractivity contribution >= 4 is 43.5 Å². The second-order valence-electron chi connectivity index (χ2n) is 11.3. The van der Waals surface area contributed by atoms with Crippen molar-refractivity contribution in [2.24, 2.45) is 0 Å². The van der Waals surface area contributed by atoms with Gasteiger partial charge in [-0.1, -0.05) is 115 Å². The van der Waals surface area contributed by atoms with Gasteiger partial charge in [-0.05, 0) is 53.6 Å². The molecule has 0 bridgehead atoms. The molecule has 4 nitrogen and oxygen atoms in total. The first kappa shape index (κ1) is 26.5. The van der Waals surface area contributed by atoms with Gasteiger partial charge in [0.15, 0.2) is 5.82 Å². The van der Waals surface area contributed by atoms with Gasteiger partial charge in [-0.2, -0.15) is 0 Å². The number of fused-ring (bicyclic) bond motifs is 4. The monoisotopic (exact) mass is 606 g/mol. The predicted molar refractivity (Wildman–Crippen MR) is 191 cm³/mol. The molecule has 0 fully saturated rings. The highest BCUT2D eigenvalue weighted by Crippen LogP contribution is 2.38. The quantitative estimate of drug-likeness (QED) is 0.196. The molecule has 0 radical (unpaired) electrons. The average Bonchev–Trinajstić information content (AvgIpc) is 3.72. The van der Waals surface area contributed by atoms with Crippen LogP contribution >= 0.6 is 11.3 Å². The van der Waals surface area contributed by atoms with Crippen molar-refractivity contribution in [3.63, 3.8) is 0 Å². The lowest BCUT2D eigenvalue weighted by Crippen LogP contribution is -1.99. The summed E-state index contributed by atoms with van der Waals surface area (Å²) < 4.78 is 3.49. The molecule has 0 amide bonds. The van der Waals surface area contributed by atoms with Gasteiger partial charge < -0.3 is 4.57 Å². The average molecular weight is 607 g/mol. The van der Waals surface area contributed by atoms with Crippen LogP contribution in [0.2, 0.25) is 0 Å². The topological polar surface area (TPSA) is 43.6 Å². The van der Waals surface area contributed by atoms with Crippen LogP contribution in [0.1, 0.15) is 0 Å². The summed E-state index contributed by atoms with van der Waals surface area (Å²) >= 11 is 1.72. The summed E-state index contributed by atoms with van der Waals surface area (Å²) in [7, 11) is 0. The van der Waals surface area contributed by atoms with Crippen LogP contribution < -0.4 is 0 Å². The summed E-state index contributed by atoms with van der Waals surface area (Å²) in [5.41, 5.74) is 11.4. The fourth-order valence-electron chi connectivity index (χ4n) is 6.28. The first-order valence-corrected chi connectivity index (χ1v) is 16.1. The van der Waals surface area contributed by atoms with Crippen molar-refractivity contribution in [3.05, 3.63) is 158 Å². The highest BCUT2D eigenvalue weighted by molar-refractivity contribution is 7.21. The molecule has 3 aromatic heterocycles. The molecule has 9 rings (SSSR count). The van der Waals surface area contributed by atoms with Crippen LogP contribution in [0.15, 0.2) is 158 Å². The Balaban J connectivity index is 1.23. The number of rotatable bonds is 5. The normalized spacial score (nSPS) is 11.5. The Labute approximate surface area is 269 Å². The van der Waals surface area contributed by atoms with E-state index in [4.69, 9.17) is 15.0 Å². The number of thiazole rings is 1. The van der Waals surface area contributed by atoms with Gasteiger partial charge in [-0.15, -0.1) is 11.3 Å². The van der Waals surface area contributed by atoms with Gasteiger partial charge >= 0.3 is 0 Å². The molecule has 6 aromatic carbocycles. The summed E-state index contributed by atoms with van der Waals surface area (Å²) in [6.07, 6.45) is 0.